The largest absolute Gasteiger partial charge is 0.139 e. The zero-order valence-electron chi connectivity index (χ0n) is 22.3. The Morgan fingerprint density at radius 2 is 1.29 bits per heavy atom. The van der Waals surface area contributed by atoms with E-state index in [4.69, 9.17) is 0 Å². The molecule has 0 radical (unpaired) electrons. The number of hydrogen-bond donors (Lipinski definition) is 0. The Kier molecular flexibility index (Phi) is 10.7. The third kappa shape index (κ3) is 7.63. The molecule has 4 aromatic heterocycles. The first kappa shape index (κ1) is 28.2. The van der Waals surface area contributed by atoms with Crippen LogP contribution in [0.15, 0.2) is 77.4 Å². The van der Waals surface area contributed by atoms with Crippen molar-refractivity contribution in [3.05, 3.63) is 98.2 Å². The highest BCUT2D eigenvalue weighted by Gasteiger charge is 2.15. The van der Waals surface area contributed by atoms with Crippen molar-refractivity contribution in [3.63, 3.8) is 0 Å². The van der Waals surface area contributed by atoms with Gasteiger partial charge in [0.2, 0.25) is 0 Å². The quantitative estimate of drug-likeness (QED) is 0.125. The average Bonchev–Trinajstić information content (AvgIpc) is 3.69. The van der Waals surface area contributed by atoms with Crippen molar-refractivity contribution in [2.75, 3.05) is 0 Å². The van der Waals surface area contributed by atoms with Gasteiger partial charge in [0.25, 0.3) is 0 Å². The molecule has 38 heavy (non-hydrogen) atoms. The van der Waals surface area contributed by atoms with Gasteiger partial charge in [0, 0.05) is 39.7 Å². The van der Waals surface area contributed by atoms with Gasteiger partial charge in [0.1, 0.15) is 0 Å². The molecule has 0 aliphatic carbocycles. The number of rotatable bonds is 11. The normalized spacial score (nSPS) is 10.2. The Morgan fingerprint density at radius 1 is 0.684 bits per heavy atom. The van der Waals surface area contributed by atoms with Gasteiger partial charge < -0.3 is 0 Å². The van der Waals surface area contributed by atoms with Gasteiger partial charge in [-0.05, 0) is 104 Å². The molecule has 0 nitrogen and oxygen atoms in total. The molecule has 4 heterocycles. The van der Waals surface area contributed by atoms with E-state index >= 15 is 0 Å². The van der Waals surface area contributed by atoms with E-state index in [1.807, 2.05) is 51.4 Å². The van der Waals surface area contributed by atoms with Crippen LogP contribution < -0.4 is 0 Å². The van der Waals surface area contributed by atoms with Crippen LogP contribution in [0.4, 0.5) is 0 Å². The van der Waals surface area contributed by atoms with Gasteiger partial charge in [-0.15, -0.1) is 45.3 Å². The molecule has 0 atom stereocenters. The lowest BCUT2D eigenvalue weighted by Gasteiger charge is -2.03. The van der Waals surface area contributed by atoms with Crippen LogP contribution in [0.2, 0.25) is 0 Å². The first-order valence-corrected chi connectivity index (χ1v) is 16.4. The van der Waals surface area contributed by atoms with E-state index in [0.717, 1.165) is 5.56 Å². The van der Waals surface area contributed by atoms with Crippen LogP contribution in [0.5, 0.6) is 0 Å². The van der Waals surface area contributed by atoms with Gasteiger partial charge in [-0.2, -0.15) is 0 Å². The summed E-state index contributed by atoms with van der Waals surface area (Å²) < 4.78 is 0. The van der Waals surface area contributed by atoms with Crippen molar-refractivity contribution >= 4 is 51.4 Å². The first-order valence-electron chi connectivity index (χ1n) is 13.1. The number of thiophene rings is 4. The van der Waals surface area contributed by atoms with Gasteiger partial charge in [-0.25, -0.2) is 0 Å². The highest BCUT2D eigenvalue weighted by Crippen LogP contribution is 2.45. The topological polar surface area (TPSA) is 0 Å². The minimum atomic E-state index is 1.15. The molecule has 0 N–H and O–H groups in total. The smallest absolute Gasteiger partial charge is 0.0524 e. The second-order valence-corrected chi connectivity index (χ2v) is 13.8. The van der Waals surface area contributed by atoms with Gasteiger partial charge in [0.15, 0.2) is 0 Å². The van der Waals surface area contributed by atoms with E-state index < -0.39 is 0 Å². The Labute approximate surface area is 243 Å². The summed E-state index contributed by atoms with van der Waals surface area (Å²) in [7, 11) is 0. The molecule has 0 aliphatic heterocycles. The maximum Gasteiger partial charge on any atom is 0.0524 e. The minimum Gasteiger partial charge on any atom is -0.139 e. The molecular weight excluding hydrogens is 537 g/mol. The summed E-state index contributed by atoms with van der Waals surface area (Å²) in [6.45, 7) is 10.1. The predicted octanol–water partition coefficient (Wildman–Crippen LogP) is 12.0. The fraction of sp³-hybridized carbons (Fsp3) is 0.294. The molecule has 4 aromatic rings. The van der Waals surface area contributed by atoms with E-state index in [2.05, 4.69) is 98.1 Å². The summed E-state index contributed by atoms with van der Waals surface area (Å²) in [5.74, 6) is 0. The molecule has 4 rings (SSSR count). The fourth-order valence-corrected chi connectivity index (χ4v) is 8.77. The molecule has 0 saturated heterocycles. The van der Waals surface area contributed by atoms with Gasteiger partial charge in [-0.3, -0.25) is 0 Å². The van der Waals surface area contributed by atoms with Crippen LogP contribution in [0.1, 0.15) is 66.3 Å². The number of aryl methyl sites for hydroxylation is 3. The van der Waals surface area contributed by atoms with Crippen molar-refractivity contribution in [2.45, 2.75) is 65.7 Å². The van der Waals surface area contributed by atoms with Crippen LogP contribution in [0.25, 0.3) is 35.3 Å². The summed E-state index contributed by atoms with van der Waals surface area (Å²) in [6.07, 6.45) is 11.2. The SMILES string of the molecule is C=C=C=C=C=C=C=Cc1cc(C)sc1-c1ccc(-c2ccc(-c3sc(C)cc3CCCCCCCC)s2)s1. The van der Waals surface area contributed by atoms with E-state index in [0.29, 0.717) is 0 Å². The second kappa shape index (κ2) is 14.4. The van der Waals surface area contributed by atoms with Crippen molar-refractivity contribution in [2.24, 2.45) is 0 Å². The minimum absolute atomic E-state index is 1.15. The summed E-state index contributed by atoms with van der Waals surface area (Å²) in [4.78, 5) is 10.8. The van der Waals surface area contributed by atoms with Crippen molar-refractivity contribution in [1.82, 2.24) is 0 Å². The maximum atomic E-state index is 3.45. The van der Waals surface area contributed by atoms with Crippen LogP contribution in [-0.4, -0.2) is 0 Å². The van der Waals surface area contributed by atoms with Crippen molar-refractivity contribution in [1.29, 1.82) is 0 Å². The lowest BCUT2D eigenvalue weighted by Crippen LogP contribution is -1.86. The van der Waals surface area contributed by atoms with Crippen LogP contribution in [0.3, 0.4) is 0 Å². The van der Waals surface area contributed by atoms with Gasteiger partial charge in [-0.1, -0.05) is 50.5 Å². The number of unbranched alkanes of at least 4 members (excludes halogenated alkanes) is 5. The Bertz CT molecular complexity index is 1610. The van der Waals surface area contributed by atoms with Gasteiger partial charge in [0.05, 0.1) is 4.88 Å². The second-order valence-electron chi connectivity index (χ2n) is 9.16. The first-order chi connectivity index (χ1) is 18.6. The Morgan fingerprint density at radius 3 is 2.03 bits per heavy atom. The zero-order chi connectivity index (χ0) is 26.7. The molecule has 0 fully saturated rings. The molecule has 0 aromatic carbocycles. The summed E-state index contributed by atoms with van der Waals surface area (Å²) >= 11 is 7.55. The van der Waals surface area contributed by atoms with Crippen LogP contribution in [-0.2, 0) is 6.42 Å². The Hall–Kier alpha value is -2.78. The third-order valence-corrected chi connectivity index (χ3v) is 11.0. The van der Waals surface area contributed by atoms with Crippen LogP contribution >= 0.6 is 45.3 Å². The Balaban J connectivity index is 1.52. The fourth-order valence-electron chi connectivity index (χ4n) is 4.33. The van der Waals surface area contributed by atoms with Crippen LogP contribution in [0, 0.1) is 13.8 Å². The van der Waals surface area contributed by atoms with E-state index in [1.165, 1.54) is 89.5 Å². The zero-order valence-corrected chi connectivity index (χ0v) is 25.6. The van der Waals surface area contributed by atoms with Gasteiger partial charge >= 0.3 is 0 Å². The highest BCUT2D eigenvalue weighted by atomic mass is 32.1. The highest BCUT2D eigenvalue weighted by molar-refractivity contribution is 7.28. The standard InChI is InChI=1S/C34H32S4/c1-5-7-9-11-13-15-17-27-23-25(3)35-33(27)31-21-19-29(37-31)30-20-22-32(38-30)34-28(24-26(4)36-34)18-16-14-12-10-8-6-2/h17,19-24H,1,6,8,10,12,14,16,18H2,2-4H3. The molecule has 192 valence electrons. The monoisotopic (exact) mass is 568 g/mol. The summed E-state index contributed by atoms with van der Waals surface area (Å²) in [6, 6.07) is 13.7. The lowest BCUT2D eigenvalue weighted by atomic mass is 10.0. The maximum absolute atomic E-state index is 3.45. The molecular formula is C34H32S4. The summed E-state index contributed by atoms with van der Waals surface area (Å²) in [5.41, 5.74) is 19.1. The third-order valence-electron chi connectivity index (χ3n) is 6.09. The molecule has 0 aliphatic rings. The molecule has 0 spiro atoms. The lowest BCUT2D eigenvalue weighted by molar-refractivity contribution is 0.608. The molecule has 0 amide bonds. The number of hydrogen-bond acceptors (Lipinski definition) is 4. The summed E-state index contributed by atoms with van der Waals surface area (Å²) in [5, 5.41) is 0. The molecule has 4 heteroatoms. The predicted molar refractivity (Wildman–Crippen MR) is 172 cm³/mol. The molecule has 0 saturated carbocycles. The van der Waals surface area contributed by atoms with Crippen molar-refractivity contribution < 1.29 is 0 Å². The van der Waals surface area contributed by atoms with E-state index in [-0.39, 0.29) is 0 Å². The average molecular weight is 569 g/mol. The van der Waals surface area contributed by atoms with E-state index in [1.54, 1.807) is 0 Å². The van der Waals surface area contributed by atoms with Crippen molar-refractivity contribution in [3.8, 4) is 29.3 Å². The molecule has 0 bridgehead atoms. The molecule has 0 unspecified atom stereocenters. The van der Waals surface area contributed by atoms with E-state index in [9.17, 15) is 0 Å².